The minimum Gasteiger partial charge on any atom is -0.494 e. The largest absolute Gasteiger partial charge is 0.494 e. The summed E-state index contributed by atoms with van der Waals surface area (Å²) in [4.78, 5) is 12.5. The van der Waals surface area contributed by atoms with Crippen LogP contribution in [0.15, 0.2) is 48.5 Å². The lowest BCUT2D eigenvalue weighted by molar-refractivity contribution is 0.0747. The molecule has 2 aromatic carbocycles. The van der Waals surface area contributed by atoms with Gasteiger partial charge in [0.2, 0.25) is 0 Å². The fraction of sp³-hybridized carbons (Fsp3) is 0.409. The third-order valence-electron chi connectivity index (χ3n) is 4.12. The van der Waals surface area contributed by atoms with Crippen LogP contribution in [-0.2, 0) is 0 Å². The Morgan fingerprint density at radius 2 is 1.31 bits per heavy atom. The Morgan fingerprint density at radius 1 is 0.846 bits per heavy atom. The van der Waals surface area contributed by atoms with E-state index in [2.05, 4.69) is 13.8 Å². The number of aliphatic hydroxyl groups is 1. The van der Waals surface area contributed by atoms with E-state index < -0.39 is 6.10 Å². The SMILES string of the molecule is CCCCOc1ccc(C(=O)C(O)c2ccc(OCCCC)cc2)cc1. The summed E-state index contributed by atoms with van der Waals surface area (Å²) in [5.74, 6) is 1.15. The summed E-state index contributed by atoms with van der Waals surface area (Å²) in [5, 5.41) is 10.4. The quantitative estimate of drug-likeness (QED) is 0.457. The Balaban J connectivity index is 1.95. The van der Waals surface area contributed by atoms with Crippen molar-refractivity contribution in [1.82, 2.24) is 0 Å². The van der Waals surface area contributed by atoms with E-state index in [4.69, 9.17) is 9.47 Å². The van der Waals surface area contributed by atoms with Crippen molar-refractivity contribution in [1.29, 1.82) is 0 Å². The minimum absolute atomic E-state index is 0.329. The maximum Gasteiger partial charge on any atom is 0.195 e. The standard InChI is InChI=1S/C22H28O4/c1-3-5-15-25-19-11-7-17(8-12-19)21(23)22(24)18-9-13-20(14-10-18)26-16-6-4-2/h7-14,21,23H,3-6,15-16H2,1-2H3. The number of ether oxygens (including phenoxy) is 2. The van der Waals surface area contributed by atoms with Gasteiger partial charge in [-0.25, -0.2) is 0 Å². The number of aliphatic hydroxyl groups excluding tert-OH is 1. The van der Waals surface area contributed by atoms with Gasteiger partial charge in [0.05, 0.1) is 13.2 Å². The van der Waals surface area contributed by atoms with Crippen molar-refractivity contribution in [2.24, 2.45) is 0 Å². The Kier molecular flexibility index (Phi) is 8.16. The highest BCUT2D eigenvalue weighted by molar-refractivity contribution is 5.99. The normalized spacial score (nSPS) is 11.8. The molecule has 0 aliphatic rings. The van der Waals surface area contributed by atoms with Crippen LogP contribution in [0.2, 0.25) is 0 Å². The number of hydrogen-bond acceptors (Lipinski definition) is 4. The Bertz CT molecular complexity index is 662. The summed E-state index contributed by atoms with van der Waals surface area (Å²) < 4.78 is 11.2. The highest BCUT2D eigenvalue weighted by Gasteiger charge is 2.19. The molecule has 0 saturated carbocycles. The van der Waals surface area contributed by atoms with Crippen LogP contribution in [0.3, 0.4) is 0 Å². The summed E-state index contributed by atoms with van der Waals surface area (Å²) in [6.07, 6.45) is 2.96. The number of unbranched alkanes of at least 4 members (excludes halogenated alkanes) is 2. The van der Waals surface area contributed by atoms with Crippen LogP contribution in [0.25, 0.3) is 0 Å². The van der Waals surface area contributed by atoms with E-state index in [1.165, 1.54) is 0 Å². The van der Waals surface area contributed by atoms with Gasteiger partial charge in [0.25, 0.3) is 0 Å². The average molecular weight is 356 g/mol. The number of hydrogen-bond donors (Lipinski definition) is 1. The molecule has 2 aromatic rings. The number of rotatable bonds is 11. The first-order chi connectivity index (χ1) is 12.7. The van der Waals surface area contributed by atoms with Gasteiger partial charge >= 0.3 is 0 Å². The van der Waals surface area contributed by atoms with Gasteiger partial charge < -0.3 is 14.6 Å². The lowest BCUT2D eigenvalue weighted by atomic mass is 10.00. The zero-order valence-corrected chi connectivity index (χ0v) is 15.6. The number of carbonyl (C=O) groups excluding carboxylic acids is 1. The van der Waals surface area contributed by atoms with E-state index in [-0.39, 0.29) is 5.78 Å². The molecule has 0 aromatic heterocycles. The van der Waals surface area contributed by atoms with Gasteiger partial charge in [-0.3, -0.25) is 4.79 Å². The zero-order valence-electron chi connectivity index (χ0n) is 15.6. The molecule has 0 saturated heterocycles. The van der Waals surface area contributed by atoms with Gasteiger partial charge in [0.1, 0.15) is 17.6 Å². The Labute approximate surface area is 155 Å². The molecule has 2 rings (SSSR count). The van der Waals surface area contributed by atoms with Crippen molar-refractivity contribution in [2.75, 3.05) is 13.2 Å². The van der Waals surface area contributed by atoms with Crippen LogP contribution in [0.5, 0.6) is 11.5 Å². The van der Waals surface area contributed by atoms with Gasteiger partial charge in [-0.2, -0.15) is 0 Å². The van der Waals surface area contributed by atoms with Crippen molar-refractivity contribution >= 4 is 5.78 Å². The predicted molar refractivity (Wildman–Crippen MR) is 103 cm³/mol. The maximum absolute atomic E-state index is 12.5. The topological polar surface area (TPSA) is 55.8 Å². The fourth-order valence-corrected chi connectivity index (χ4v) is 2.44. The summed E-state index contributed by atoms with van der Waals surface area (Å²) in [7, 11) is 0. The molecule has 1 N–H and O–H groups in total. The summed E-state index contributed by atoms with van der Waals surface area (Å²) in [5.41, 5.74) is 1.02. The number of Topliss-reactive ketones (excluding diaryl/α,β-unsaturated/α-hetero) is 1. The van der Waals surface area contributed by atoms with Crippen LogP contribution in [0, 0.1) is 0 Å². The van der Waals surface area contributed by atoms with Gasteiger partial charge in [-0.15, -0.1) is 0 Å². The molecule has 1 unspecified atom stereocenters. The van der Waals surface area contributed by atoms with E-state index in [1.54, 1.807) is 48.5 Å². The molecule has 4 heteroatoms. The van der Waals surface area contributed by atoms with E-state index >= 15 is 0 Å². The minimum atomic E-state index is -1.19. The first-order valence-electron chi connectivity index (χ1n) is 9.33. The van der Waals surface area contributed by atoms with Crippen LogP contribution < -0.4 is 9.47 Å². The van der Waals surface area contributed by atoms with Crippen LogP contribution in [0.4, 0.5) is 0 Å². The van der Waals surface area contributed by atoms with E-state index in [9.17, 15) is 9.90 Å². The third-order valence-corrected chi connectivity index (χ3v) is 4.12. The third kappa shape index (κ3) is 5.88. The highest BCUT2D eigenvalue weighted by atomic mass is 16.5. The molecule has 1 atom stereocenters. The van der Waals surface area contributed by atoms with Crippen molar-refractivity contribution in [3.63, 3.8) is 0 Å². The zero-order chi connectivity index (χ0) is 18.8. The van der Waals surface area contributed by atoms with Crippen molar-refractivity contribution in [3.05, 3.63) is 59.7 Å². The molecule has 0 aliphatic carbocycles. The molecule has 4 nitrogen and oxygen atoms in total. The Morgan fingerprint density at radius 3 is 1.77 bits per heavy atom. The molecule has 0 heterocycles. The monoisotopic (exact) mass is 356 g/mol. The number of benzene rings is 2. The number of ketones is 1. The smallest absolute Gasteiger partial charge is 0.195 e. The lowest BCUT2D eigenvalue weighted by Gasteiger charge is -2.12. The molecule has 0 aliphatic heterocycles. The summed E-state index contributed by atoms with van der Waals surface area (Å²) in [6.45, 7) is 5.55. The van der Waals surface area contributed by atoms with Crippen LogP contribution in [-0.4, -0.2) is 24.1 Å². The van der Waals surface area contributed by atoms with E-state index in [0.717, 1.165) is 37.2 Å². The van der Waals surface area contributed by atoms with Crippen molar-refractivity contribution in [2.45, 2.75) is 45.6 Å². The average Bonchev–Trinajstić information content (AvgIpc) is 2.68. The highest BCUT2D eigenvalue weighted by Crippen LogP contribution is 2.23. The second-order valence-corrected chi connectivity index (χ2v) is 6.26. The fourth-order valence-electron chi connectivity index (χ4n) is 2.44. The molecule has 0 fully saturated rings. The molecule has 26 heavy (non-hydrogen) atoms. The second-order valence-electron chi connectivity index (χ2n) is 6.26. The van der Waals surface area contributed by atoms with E-state index in [0.29, 0.717) is 24.3 Å². The van der Waals surface area contributed by atoms with E-state index in [1.807, 2.05) is 0 Å². The van der Waals surface area contributed by atoms with Gasteiger partial charge in [0.15, 0.2) is 5.78 Å². The molecule has 0 spiro atoms. The first-order valence-corrected chi connectivity index (χ1v) is 9.33. The summed E-state index contributed by atoms with van der Waals surface area (Å²) in [6, 6.07) is 13.9. The van der Waals surface area contributed by atoms with Gasteiger partial charge in [-0.05, 0) is 54.8 Å². The second kappa shape index (κ2) is 10.6. The maximum atomic E-state index is 12.5. The van der Waals surface area contributed by atoms with Crippen LogP contribution in [0.1, 0.15) is 61.6 Å². The molecule has 140 valence electrons. The molecule has 0 radical (unpaired) electrons. The Hall–Kier alpha value is -2.33. The predicted octanol–water partition coefficient (Wildman–Crippen LogP) is 4.96. The number of carbonyl (C=O) groups is 1. The molecule has 0 bridgehead atoms. The molecular weight excluding hydrogens is 328 g/mol. The van der Waals surface area contributed by atoms with Crippen LogP contribution >= 0.6 is 0 Å². The molecular formula is C22H28O4. The van der Waals surface area contributed by atoms with Crippen molar-refractivity contribution < 1.29 is 19.4 Å². The van der Waals surface area contributed by atoms with Gasteiger partial charge in [-0.1, -0.05) is 38.8 Å². The lowest BCUT2D eigenvalue weighted by Crippen LogP contribution is -2.12. The summed E-state index contributed by atoms with van der Waals surface area (Å²) >= 11 is 0. The molecule has 0 amide bonds. The van der Waals surface area contributed by atoms with Gasteiger partial charge in [0, 0.05) is 5.56 Å². The first kappa shape index (κ1) is 20.0. The van der Waals surface area contributed by atoms with Crippen molar-refractivity contribution in [3.8, 4) is 11.5 Å².